The predicted octanol–water partition coefficient (Wildman–Crippen LogP) is 3.35. The molecular formula is C19H28ClN3O. The van der Waals surface area contributed by atoms with E-state index in [1.807, 2.05) is 19.2 Å². The van der Waals surface area contributed by atoms with Gasteiger partial charge in [-0.05, 0) is 55.7 Å². The van der Waals surface area contributed by atoms with Crippen LogP contribution in [-0.4, -0.2) is 39.3 Å². The molecule has 24 heavy (non-hydrogen) atoms. The smallest absolute Gasteiger partial charge is 0.191 e. The monoisotopic (exact) mass is 349 g/mol. The molecule has 2 saturated carbocycles. The first-order valence-electron chi connectivity index (χ1n) is 9.00. The topological polar surface area (TPSA) is 45.7 Å². The van der Waals surface area contributed by atoms with E-state index in [0.717, 1.165) is 49.6 Å². The number of nitrogens with one attached hydrogen (secondary N) is 2. The van der Waals surface area contributed by atoms with Gasteiger partial charge < -0.3 is 15.4 Å². The van der Waals surface area contributed by atoms with E-state index in [-0.39, 0.29) is 5.41 Å². The molecule has 5 heteroatoms. The van der Waals surface area contributed by atoms with Crippen LogP contribution >= 0.6 is 11.6 Å². The molecule has 2 aliphatic rings. The lowest BCUT2D eigenvalue weighted by Gasteiger charge is -2.19. The highest BCUT2D eigenvalue weighted by atomic mass is 35.5. The molecule has 0 radical (unpaired) electrons. The fourth-order valence-corrected chi connectivity index (χ4v) is 3.12. The second-order valence-corrected chi connectivity index (χ2v) is 7.45. The molecule has 0 amide bonds. The summed E-state index contributed by atoms with van der Waals surface area (Å²) in [5, 5.41) is 7.65. The van der Waals surface area contributed by atoms with Crippen LogP contribution in [0.15, 0.2) is 29.3 Å². The van der Waals surface area contributed by atoms with Gasteiger partial charge in [-0.15, -0.1) is 0 Å². The van der Waals surface area contributed by atoms with Gasteiger partial charge in [0, 0.05) is 43.8 Å². The van der Waals surface area contributed by atoms with Crippen molar-refractivity contribution < 1.29 is 4.74 Å². The Balaban J connectivity index is 1.36. The summed E-state index contributed by atoms with van der Waals surface area (Å²) in [7, 11) is 1.82. The van der Waals surface area contributed by atoms with Crippen LogP contribution in [0.2, 0.25) is 5.02 Å². The molecule has 2 N–H and O–H groups in total. The highest BCUT2D eigenvalue weighted by Crippen LogP contribution is 2.48. The molecule has 3 rings (SSSR count). The molecule has 0 heterocycles. The first kappa shape index (κ1) is 17.6. The molecule has 0 spiro atoms. The van der Waals surface area contributed by atoms with Crippen molar-refractivity contribution >= 4 is 17.6 Å². The number of aliphatic imine (C=N–C) groups is 1. The highest BCUT2D eigenvalue weighted by Gasteiger charge is 2.44. The summed E-state index contributed by atoms with van der Waals surface area (Å²) in [6.45, 7) is 3.54. The maximum atomic E-state index is 6.13. The number of guanidine groups is 1. The van der Waals surface area contributed by atoms with Crippen molar-refractivity contribution in [3.63, 3.8) is 0 Å². The molecule has 0 atom stereocenters. The van der Waals surface area contributed by atoms with Crippen molar-refractivity contribution in [1.82, 2.24) is 10.6 Å². The van der Waals surface area contributed by atoms with E-state index in [0.29, 0.717) is 0 Å². The van der Waals surface area contributed by atoms with E-state index in [4.69, 9.17) is 16.3 Å². The highest BCUT2D eigenvalue weighted by molar-refractivity contribution is 6.30. The SMILES string of the molecule is CN=C(NCCCOCC1CC1)NCC1(c2cccc(Cl)c2)CC1. The number of ether oxygens (including phenoxy) is 1. The summed E-state index contributed by atoms with van der Waals surface area (Å²) in [4.78, 5) is 4.31. The average Bonchev–Trinajstić information content (AvgIpc) is 3.49. The van der Waals surface area contributed by atoms with Gasteiger partial charge in [0.2, 0.25) is 0 Å². The van der Waals surface area contributed by atoms with Crippen LogP contribution in [0.25, 0.3) is 0 Å². The molecule has 0 aromatic heterocycles. The van der Waals surface area contributed by atoms with Crippen molar-refractivity contribution in [2.24, 2.45) is 10.9 Å². The summed E-state index contributed by atoms with van der Waals surface area (Å²) >= 11 is 6.13. The first-order valence-corrected chi connectivity index (χ1v) is 9.38. The maximum absolute atomic E-state index is 6.13. The molecule has 2 fully saturated rings. The molecule has 132 valence electrons. The van der Waals surface area contributed by atoms with Crippen LogP contribution in [0.3, 0.4) is 0 Å². The molecule has 4 nitrogen and oxygen atoms in total. The van der Waals surface area contributed by atoms with E-state index >= 15 is 0 Å². The Kier molecular flexibility index (Phi) is 6.01. The summed E-state index contributed by atoms with van der Waals surface area (Å²) in [6, 6.07) is 8.23. The zero-order valence-electron chi connectivity index (χ0n) is 14.5. The number of benzene rings is 1. The fourth-order valence-electron chi connectivity index (χ4n) is 2.93. The molecule has 2 aliphatic carbocycles. The second-order valence-electron chi connectivity index (χ2n) is 7.02. The quantitative estimate of drug-likeness (QED) is 0.408. The first-order chi connectivity index (χ1) is 11.7. The lowest BCUT2D eigenvalue weighted by Crippen LogP contribution is -2.41. The number of nitrogens with zero attached hydrogens (tertiary/aromatic N) is 1. The predicted molar refractivity (Wildman–Crippen MR) is 99.9 cm³/mol. The van der Waals surface area contributed by atoms with Crippen LogP contribution in [-0.2, 0) is 10.2 Å². The minimum absolute atomic E-state index is 0.218. The maximum Gasteiger partial charge on any atom is 0.191 e. The van der Waals surface area contributed by atoms with Crippen molar-refractivity contribution in [3.05, 3.63) is 34.9 Å². The molecule has 1 aromatic rings. The van der Waals surface area contributed by atoms with Crippen LogP contribution in [0.4, 0.5) is 0 Å². The van der Waals surface area contributed by atoms with Crippen molar-refractivity contribution in [1.29, 1.82) is 0 Å². The lowest BCUT2D eigenvalue weighted by atomic mass is 9.96. The third-order valence-electron chi connectivity index (χ3n) is 4.92. The van der Waals surface area contributed by atoms with E-state index in [2.05, 4.69) is 27.8 Å². The van der Waals surface area contributed by atoms with Gasteiger partial charge in [0.05, 0.1) is 0 Å². The van der Waals surface area contributed by atoms with E-state index < -0.39 is 0 Å². The third-order valence-corrected chi connectivity index (χ3v) is 5.15. The summed E-state index contributed by atoms with van der Waals surface area (Å²) in [5.41, 5.74) is 1.54. The third kappa shape index (κ3) is 5.12. The minimum Gasteiger partial charge on any atom is -0.381 e. The van der Waals surface area contributed by atoms with E-state index in [1.54, 1.807) is 0 Å². The molecule has 0 saturated heterocycles. The Bertz CT molecular complexity index is 567. The second kappa shape index (κ2) is 8.21. The summed E-state index contributed by atoms with van der Waals surface area (Å²) in [6.07, 6.45) is 6.11. The lowest BCUT2D eigenvalue weighted by molar-refractivity contribution is 0.123. The molecular weight excluding hydrogens is 322 g/mol. The van der Waals surface area contributed by atoms with Gasteiger partial charge in [-0.3, -0.25) is 4.99 Å². The standard InChI is InChI=1S/C19H28ClN3O/c1-21-18(22-10-3-11-24-13-15-6-7-15)23-14-19(8-9-19)16-4-2-5-17(20)12-16/h2,4-5,12,15H,3,6-11,13-14H2,1H3,(H2,21,22,23). The number of rotatable bonds is 9. The Morgan fingerprint density at radius 1 is 1.33 bits per heavy atom. The number of halogens is 1. The van der Waals surface area contributed by atoms with Crippen LogP contribution in [0.1, 0.15) is 37.7 Å². The van der Waals surface area contributed by atoms with Crippen molar-refractivity contribution in [2.75, 3.05) is 33.4 Å². The molecule has 1 aromatic carbocycles. The van der Waals surface area contributed by atoms with Gasteiger partial charge in [0.15, 0.2) is 5.96 Å². The largest absolute Gasteiger partial charge is 0.381 e. The Morgan fingerprint density at radius 3 is 2.83 bits per heavy atom. The molecule has 0 bridgehead atoms. The fraction of sp³-hybridized carbons (Fsp3) is 0.632. The summed E-state index contributed by atoms with van der Waals surface area (Å²) < 4.78 is 5.65. The van der Waals surface area contributed by atoms with Gasteiger partial charge >= 0.3 is 0 Å². The van der Waals surface area contributed by atoms with E-state index in [9.17, 15) is 0 Å². The van der Waals surface area contributed by atoms with Gasteiger partial charge in [-0.1, -0.05) is 23.7 Å². The minimum atomic E-state index is 0.218. The molecule has 0 unspecified atom stereocenters. The average molecular weight is 350 g/mol. The number of hydrogen-bond donors (Lipinski definition) is 2. The zero-order chi connectivity index (χ0) is 16.8. The Labute approximate surface area is 150 Å². The van der Waals surface area contributed by atoms with Gasteiger partial charge in [-0.25, -0.2) is 0 Å². The zero-order valence-corrected chi connectivity index (χ0v) is 15.2. The summed E-state index contributed by atoms with van der Waals surface area (Å²) in [5.74, 6) is 1.71. The van der Waals surface area contributed by atoms with Gasteiger partial charge in [0.25, 0.3) is 0 Å². The number of hydrogen-bond acceptors (Lipinski definition) is 2. The van der Waals surface area contributed by atoms with Crippen molar-refractivity contribution in [3.8, 4) is 0 Å². The van der Waals surface area contributed by atoms with Gasteiger partial charge in [-0.2, -0.15) is 0 Å². The Morgan fingerprint density at radius 2 is 2.17 bits per heavy atom. The molecule has 0 aliphatic heterocycles. The van der Waals surface area contributed by atoms with Crippen LogP contribution in [0, 0.1) is 5.92 Å². The normalized spacial score (nSPS) is 19.2. The van der Waals surface area contributed by atoms with Crippen LogP contribution < -0.4 is 10.6 Å². The van der Waals surface area contributed by atoms with Crippen LogP contribution in [0.5, 0.6) is 0 Å². The Hall–Kier alpha value is -1.26. The van der Waals surface area contributed by atoms with Gasteiger partial charge in [0.1, 0.15) is 0 Å². The van der Waals surface area contributed by atoms with Crippen molar-refractivity contribution in [2.45, 2.75) is 37.5 Å². The van der Waals surface area contributed by atoms with E-state index in [1.165, 1.54) is 31.2 Å².